The second-order valence-corrected chi connectivity index (χ2v) is 6.33. The van der Waals surface area contributed by atoms with Gasteiger partial charge in [0.1, 0.15) is 0 Å². The second kappa shape index (κ2) is 6.92. The van der Waals surface area contributed by atoms with E-state index in [2.05, 4.69) is 28.7 Å². The zero-order valence-corrected chi connectivity index (χ0v) is 13.8. The molecule has 1 spiro atoms. The number of morpholine rings is 1. The van der Waals surface area contributed by atoms with Crippen LogP contribution in [0.25, 0.3) is 0 Å². The van der Waals surface area contributed by atoms with Crippen LogP contribution in [0.3, 0.4) is 0 Å². The van der Waals surface area contributed by atoms with Gasteiger partial charge in [-0.3, -0.25) is 0 Å². The molecule has 2 fully saturated rings. The number of hydrogen-bond donors (Lipinski definition) is 0. The summed E-state index contributed by atoms with van der Waals surface area (Å²) in [5.41, 5.74) is 1.11. The Kier molecular flexibility index (Phi) is 4.93. The van der Waals surface area contributed by atoms with Gasteiger partial charge in [-0.25, -0.2) is 9.97 Å². The zero-order valence-electron chi connectivity index (χ0n) is 13.8. The fourth-order valence-electron chi connectivity index (χ4n) is 3.68. The van der Waals surface area contributed by atoms with Crippen LogP contribution in [0.15, 0.2) is 12.4 Å². The number of ether oxygens (including phenoxy) is 2. The van der Waals surface area contributed by atoms with E-state index >= 15 is 0 Å². The molecular formula is C17H27N3O2. The van der Waals surface area contributed by atoms with Crippen LogP contribution in [0.1, 0.15) is 38.7 Å². The van der Waals surface area contributed by atoms with Gasteiger partial charge in [-0.2, -0.15) is 0 Å². The summed E-state index contributed by atoms with van der Waals surface area (Å²) in [4.78, 5) is 11.4. The Labute approximate surface area is 133 Å². The fraction of sp³-hybridized carbons (Fsp3) is 0.765. The third-order valence-corrected chi connectivity index (χ3v) is 5.01. The van der Waals surface area contributed by atoms with Crippen molar-refractivity contribution in [3.05, 3.63) is 18.0 Å². The van der Waals surface area contributed by atoms with Crippen molar-refractivity contribution in [2.45, 2.75) is 45.1 Å². The Morgan fingerprint density at radius 3 is 2.91 bits per heavy atom. The van der Waals surface area contributed by atoms with Crippen LogP contribution in [-0.2, 0) is 15.9 Å². The van der Waals surface area contributed by atoms with Gasteiger partial charge < -0.3 is 14.4 Å². The first kappa shape index (κ1) is 15.7. The molecule has 3 rings (SSSR count). The van der Waals surface area contributed by atoms with Crippen LogP contribution in [0.2, 0.25) is 0 Å². The van der Waals surface area contributed by atoms with Crippen LogP contribution in [-0.4, -0.2) is 48.5 Å². The van der Waals surface area contributed by atoms with Gasteiger partial charge in [0.05, 0.1) is 25.4 Å². The molecule has 5 heteroatoms. The highest BCUT2D eigenvalue weighted by molar-refractivity contribution is 5.32. The van der Waals surface area contributed by atoms with E-state index in [0.717, 1.165) is 51.7 Å². The van der Waals surface area contributed by atoms with E-state index in [-0.39, 0.29) is 5.60 Å². The van der Waals surface area contributed by atoms with Crippen LogP contribution in [0.5, 0.6) is 0 Å². The molecule has 0 N–H and O–H groups in total. The van der Waals surface area contributed by atoms with Gasteiger partial charge in [-0.15, -0.1) is 0 Å². The van der Waals surface area contributed by atoms with E-state index in [4.69, 9.17) is 9.47 Å². The number of aryl methyl sites for hydroxylation is 1. The fourth-order valence-corrected chi connectivity index (χ4v) is 3.68. The van der Waals surface area contributed by atoms with Gasteiger partial charge in [-0.1, -0.05) is 13.3 Å². The Hall–Kier alpha value is -1.20. The van der Waals surface area contributed by atoms with Gasteiger partial charge in [-0.05, 0) is 31.7 Å². The van der Waals surface area contributed by atoms with Gasteiger partial charge in [0.25, 0.3) is 0 Å². The lowest BCUT2D eigenvalue weighted by Crippen LogP contribution is -2.55. The lowest BCUT2D eigenvalue weighted by Gasteiger charge is -2.44. The molecule has 1 aliphatic heterocycles. The molecule has 0 amide bonds. The Morgan fingerprint density at radius 1 is 1.36 bits per heavy atom. The van der Waals surface area contributed by atoms with E-state index < -0.39 is 0 Å². The van der Waals surface area contributed by atoms with Crippen molar-refractivity contribution in [3.8, 4) is 0 Å². The van der Waals surface area contributed by atoms with Crippen molar-refractivity contribution in [1.29, 1.82) is 0 Å². The van der Waals surface area contributed by atoms with Crippen molar-refractivity contribution in [3.63, 3.8) is 0 Å². The molecule has 0 bridgehead atoms. The van der Waals surface area contributed by atoms with Crippen molar-refractivity contribution in [2.75, 3.05) is 37.8 Å². The lowest BCUT2D eigenvalue weighted by molar-refractivity contribution is -0.0983. The summed E-state index contributed by atoms with van der Waals surface area (Å²) in [6.07, 6.45) is 8.40. The molecule has 122 valence electrons. The third-order valence-electron chi connectivity index (χ3n) is 5.01. The quantitative estimate of drug-likeness (QED) is 0.836. The number of anilines is 1. The van der Waals surface area contributed by atoms with E-state index in [1.807, 2.05) is 12.4 Å². The molecule has 0 aromatic carbocycles. The molecule has 5 nitrogen and oxygen atoms in total. The van der Waals surface area contributed by atoms with Gasteiger partial charge in [0.15, 0.2) is 0 Å². The lowest BCUT2D eigenvalue weighted by atomic mass is 9.89. The Bertz CT molecular complexity index is 479. The van der Waals surface area contributed by atoms with E-state index in [1.165, 1.54) is 18.4 Å². The standard InChI is InChI=1S/C17H27N3O2/c1-3-14-10-18-16(19-11-14)20-8-9-22-17(13-20)7-5-6-15(17)12-21-4-2/h10-11,15H,3-9,12-13H2,1-2H3/t15-,17+/m1/s1. The minimum atomic E-state index is -0.0692. The number of nitrogens with zero attached hydrogens (tertiary/aromatic N) is 3. The molecule has 22 heavy (non-hydrogen) atoms. The topological polar surface area (TPSA) is 47.5 Å². The molecule has 2 heterocycles. The average Bonchev–Trinajstić information content (AvgIpc) is 2.94. The molecule has 0 unspecified atom stereocenters. The highest BCUT2D eigenvalue weighted by atomic mass is 16.5. The van der Waals surface area contributed by atoms with Gasteiger partial charge in [0, 0.05) is 31.5 Å². The van der Waals surface area contributed by atoms with Crippen LogP contribution < -0.4 is 4.90 Å². The maximum absolute atomic E-state index is 6.26. The van der Waals surface area contributed by atoms with E-state index in [0.29, 0.717) is 5.92 Å². The van der Waals surface area contributed by atoms with Crippen molar-refractivity contribution in [2.24, 2.45) is 5.92 Å². The molecular weight excluding hydrogens is 278 g/mol. The molecule has 2 atom stereocenters. The van der Waals surface area contributed by atoms with Crippen LogP contribution in [0, 0.1) is 5.92 Å². The maximum Gasteiger partial charge on any atom is 0.225 e. The third kappa shape index (κ3) is 3.10. The second-order valence-electron chi connectivity index (χ2n) is 6.33. The molecule has 1 saturated carbocycles. The van der Waals surface area contributed by atoms with Crippen molar-refractivity contribution < 1.29 is 9.47 Å². The number of hydrogen-bond acceptors (Lipinski definition) is 5. The molecule has 2 aliphatic rings. The van der Waals surface area contributed by atoms with E-state index in [9.17, 15) is 0 Å². The van der Waals surface area contributed by atoms with Crippen LogP contribution >= 0.6 is 0 Å². The highest BCUT2D eigenvalue weighted by Crippen LogP contribution is 2.41. The highest BCUT2D eigenvalue weighted by Gasteiger charge is 2.47. The summed E-state index contributed by atoms with van der Waals surface area (Å²) in [6, 6.07) is 0. The first-order valence-corrected chi connectivity index (χ1v) is 8.55. The summed E-state index contributed by atoms with van der Waals surface area (Å²) in [5.74, 6) is 1.33. The molecule has 1 saturated heterocycles. The van der Waals surface area contributed by atoms with Crippen molar-refractivity contribution >= 4 is 5.95 Å². The largest absolute Gasteiger partial charge is 0.381 e. The predicted octanol–water partition coefficient (Wildman–Crippen LogP) is 2.45. The summed E-state index contributed by atoms with van der Waals surface area (Å²) in [5, 5.41) is 0. The SMILES string of the molecule is CCOC[C@H]1CCC[C@]12CN(c1ncc(CC)cn1)CCO2. The zero-order chi connectivity index (χ0) is 15.4. The normalized spacial score (nSPS) is 28.5. The maximum atomic E-state index is 6.26. The summed E-state index contributed by atoms with van der Waals surface area (Å²) < 4.78 is 11.9. The average molecular weight is 305 g/mol. The summed E-state index contributed by atoms with van der Waals surface area (Å²) >= 11 is 0. The van der Waals surface area contributed by atoms with Crippen LogP contribution in [0.4, 0.5) is 5.95 Å². The van der Waals surface area contributed by atoms with E-state index in [1.54, 1.807) is 0 Å². The first-order valence-electron chi connectivity index (χ1n) is 8.55. The minimum absolute atomic E-state index is 0.0692. The van der Waals surface area contributed by atoms with Crippen molar-refractivity contribution in [1.82, 2.24) is 9.97 Å². The Balaban J connectivity index is 1.72. The first-order chi connectivity index (χ1) is 10.8. The number of aromatic nitrogens is 2. The molecule has 0 radical (unpaired) electrons. The molecule has 1 aromatic heterocycles. The number of rotatable bonds is 5. The van der Waals surface area contributed by atoms with Gasteiger partial charge >= 0.3 is 0 Å². The predicted molar refractivity (Wildman–Crippen MR) is 86.1 cm³/mol. The molecule has 1 aromatic rings. The smallest absolute Gasteiger partial charge is 0.225 e. The van der Waals surface area contributed by atoms with Gasteiger partial charge in [0.2, 0.25) is 5.95 Å². The Morgan fingerprint density at radius 2 is 2.18 bits per heavy atom. The minimum Gasteiger partial charge on any atom is -0.381 e. The molecule has 1 aliphatic carbocycles. The monoisotopic (exact) mass is 305 g/mol. The summed E-state index contributed by atoms with van der Waals surface area (Å²) in [6.45, 7) is 8.27. The summed E-state index contributed by atoms with van der Waals surface area (Å²) in [7, 11) is 0.